The van der Waals surface area contributed by atoms with E-state index < -0.39 is 0 Å². The Morgan fingerprint density at radius 2 is 2.15 bits per heavy atom. The molecule has 0 aromatic carbocycles. The summed E-state index contributed by atoms with van der Waals surface area (Å²) in [5.41, 5.74) is 3.39. The summed E-state index contributed by atoms with van der Waals surface area (Å²) in [6.07, 6.45) is 8.84. The van der Waals surface area contributed by atoms with Crippen LogP contribution in [-0.2, 0) is 5.41 Å². The maximum atomic E-state index is 6.45. The molecule has 6 rings (SSSR count). The number of aromatic nitrogens is 4. The molecule has 0 spiro atoms. The van der Waals surface area contributed by atoms with Crippen molar-refractivity contribution in [1.29, 1.82) is 0 Å². The molecule has 2 aromatic heterocycles. The number of halogens is 1. The van der Waals surface area contributed by atoms with Gasteiger partial charge in [0, 0.05) is 17.4 Å². The molecular formula is C17H20ClN7O. The molecule has 2 aliphatic heterocycles. The zero-order valence-corrected chi connectivity index (χ0v) is 15.3. The number of nitrogens with zero attached hydrogens (tertiary/aromatic N) is 6. The second-order valence-electron chi connectivity index (χ2n) is 8.13. The van der Waals surface area contributed by atoms with E-state index in [4.69, 9.17) is 16.1 Å². The number of imidazole rings is 1. The standard InChI is InChI=1S/C17H20ClN7O/c1-17(6-7-17)15-20-14(26-23-15)13-22-21-12-9-4-2-3-5-10(9)24-11(25(12)13)8-19-16(24)18/h8-10,12,21H,2-7H2,1H3. The van der Waals surface area contributed by atoms with Crippen LogP contribution in [0, 0.1) is 5.92 Å². The van der Waals surface area contributed by atoms with E-state index in [1.807, 2.05) is 6.20 Å². The minimum atomic E-state index is 0.0647. The molecule has 0 bridgehead atoms. The topological polar surface area (TPSA) is 84.4 Å². The molecule has 4 heterocycles. The third-order valence-electron chi connectivity index (χ3n) is 6.46. The molecule has 2 saturated carbocycles. The third-order valence-corrected chi connectivity index (χ3v) is 6.74. The Labute approximate surface area is 155 Å². The van der Waals surface area contributed by atoms with Crippen molar-refractivity contribution in [3.8, 4) is 0 Å². The van der Waals surface area contributed by atoms with Gasteiger partial charge in [0.1, 0.15) is 12.0 Å². The largest absolute Gasteiger partial charge is 0.330 e. The maximum absolute atomic E-state index is 6.45. The second kappa shape index (κ2) is 5.00. The summed E-state index contributed by atoms with van der Waals surface area (Å²) < 4.78 is 7.74. The highest BCUT2D eigenvalue weighted by atomic mass is 35.5. The fourth-order valence-corrected chi connectivity index (χ4v) is 4.93. The average molecular weight is 374 g/mol. The van der Waals surface area contributed by atoms with Crippen LogP contribution in [0.2, 0.25) is 5.28 Å². The van der Waals surface area contributed by atoms with Crippen LogP contribution < -0.4 is 10.3 Å². The molecule has 136 valence electrons. The summed E-state index contributed by atoms with van der Waals surface area (Å²) in [6, 6.07) is 0.362. The summed E-state index contributed by atoms with van der Waals surface area (Å²) in [6.45, 7) is 2.17. The van der Waals surface area contributed by atoms with Crippen molar-refractivity contribution in [2.24, 2.45) is 11.0 Å². The number of fused-ring (bicyclic) bond motifs is 6. The first-order valence-corrected chi connectivity index (χ1v) is 9.73. The van der Waals surface area contributed by atoms with Crippen molar-refractivity contribution in [2.45, 2.75) is 63.1 Å². The van der Waals surface area contributed by atoms with E-state index in [1.54, 1.807) is 0 Å². The van der Waals surface area contributed by atoms with E-state index in [9.17, 15) is 0 Å². The Kier molecular flexibility index (Phi) is 2.89. The highest BCUT2D eigenvalue weighted by molar-refractivity contribution is 6.28. The van der Waals surface area contributed by atoms with Crippen molar-refractivity contribution in [3.63, 3.8) is 0 Å². The number of hydrazone groups is 1. The molecule has 4 aliphatic rings. The molecule has 2 aliphatic carbocycles. The third kappa shape index (κ3) is 1.91. The summed E-state index contributed by atoms with van der Waals surface area (Å²) in [5.74, 6) is 3.27. The highest BCUT2D eigenvalue weighted by Gasteiger charge is 2.49. The lowest BCUT2D eigenvalue weighted by Crippen LogP contribution is -2.53. The van der Waals surface area contributed by atoms with E-state index >= 15 is 0 Å². The van der Waals surface area contributed by atoms with Crippen LogP contribution in [0.3, 0.4) is 0 Å². The monoisotopic (exact) mass is 373 g/mol. The molecule has 0 radical (unpaired) electrons. The second-order valence-corrected chi connectivity index (χ2v) is 8.47. The molecule has 26 heavy (non-hydrogen) atoms. The molecule has 9 heteroatoms. The molecular weight excluding hydrogens is 354 g/mol. The van der Waals surface area contributed by atoms with Crippen LogP contribution in [0.15, 0.2) is 15.8 Å². The zero-order valence-electron chi connectivity index (χ0n) is 14.5. The van der Waals surface area contributed by atoms with Crippen LogP contribution in [0.4, 0.5) is 5.82 Å². The van der Waals surface area contributed by atoms with Crippen LogP contribution in [-0.4, -0.2) is 31.7 Å². The Morgan fingerprint density at radius 3 is 3.00 bits per heavy atom. The van der Waals surface area contributed by atoms with Crippen molar-refractivity contribution in [2.75, 3.05) is 4.90 Å². The lowest BCUT2D eigenvalue weighted by Gasteiger charge is -2.45. The molecule has 0 amide bonds. The molecule has 8 nitrogen and oxygen atoms in total. The van der Waals surface area contributed by atoms with Crippen molar-refractivity contribution in [3.05, 3.63) is 23.2 Å². The van der Waals surface area contributed by atoms with Gasteiger partial charge in [-0.3, -0.25) is 14.9 Å². The van der Waals surface area contributed by atoms with Gasteiger partial charge in [0.25, 0.3) is 5.89 Å². The highest BCUT2D eigenvalue weighted by Crippen LogP contribution is 2.48. The smallest absolute Gasteiger partial charge is 0.295 e. The Balaban J connectivity index is 1.43. The van der Waals surface area contributed by atoms with Crippen molar-refractivity contribution >= 4 is 23.3 Å². The lowest BCUT2D eigenvalue weighted by molar-refractivity contribution is 0.176. The Bertz CT molecular complexity index is 914. The molecule has 2 fully saturated rings. The van der Waals surface area contributed by atoms with Gasteiger partial charge in [0.2, 0.25) is 11.1 Å². The first-order chi connectivity index (χ1) is 12.7. The summed E-state index contributed by atoms with van der Waals surface area (Å²) >= 11 is 6.45. The predicted octanol–water partition coefficient (Wildman–Crippen LogP) is 2.81. The first kappa shape index (κ1) is 15.0. The van der Waals surface area contributed by atoms with Gasteiger partial charge < -0.3 is 4.52 Å². The quantitative estimate of drug-likeness (QED) is 0.871. The molecule has 2 aromatic rings. The van der Waals surface area contributed by atoms with Gasteiger partial charge in [0.05, 0.1) is 6.20 Å². The number of hydrogen-bond acceptors (Lipinski definition) is 7. The number of nitrogens with one attached hydrogen (secondary N) is 1. The van der Waals surface area contributed by atoms with Gasteiger partial charge in [0.15, 0.2) is 5.82 Å². The van der Waals surface area contributed by atoms with Gasteiger partial charge in [-0.15, -0.1) is 0 Å². The minimum Gasteiger partial charge on any atom is -0.330 e. The summed E-state index contributed by atoms with van der Waals surface area (Å²) in [5, 5.41) is 9.32. The van der Waals surface area contributed by atoms with Crippen LogP contribution in [0.5, 0.6) is 0 Å². The van der Waals surface area contributed by atoms with Gasteiger partial charge in [-0.25, -0.2) is 4.98 Å². The summed E-state index contributed by atoms with van der Waals surface area (Å²) in [7, 11) is 0. The van der Waals surface area contributed by atoms with Gasteiger partial charge >= 0.3 is 0 Å². The van der Waals surface area contributed by atoms with Crippen molar-refractivity contribution in [1.82, 2.24) is 25.1 Å². The van der Waals surface area contributed by atoms with E-state index in [0.717, 1.165) is 37.3 Å². The van der Waals surface area contributed by atoms with E-state index in [1.165, 1.54) is 12.8 Å². The first-order valence-electron chi connectivity index (χ1n) is 9.35. The van der Waals surface area contributed by atoms with E-state index in [-0.39, 0.29) is 11.6 Å². The predicted molar refractivity (Wildman–Crippen MR) is 95.1 cm³/mol. The molecule has 3 unspecified atom stereocenters. The van der Waals surface area contributed by atoms with Crippen LogP contribution >= 0.6 is 11.6 Å². The van der Waals surface area contributed by atoms with Gasteiger partial charge in [-0.1, -0.05) is 24.9 Å². The van der Waals surface area contributed by atoms with Crippen LogP contribution in [0.1, 0.15) is 63.2 Å². The normalized spacial score (nSPS) is 30.9. The SMILES string of the molecule is CC1(c2noc(C3=NNC4C5CCCCC5n5c(cnc5Cl)N34)n2)CC1. The Hall–Kier alpha value is -2.09. The van der Waals surface area contributed by atoms with Crippen molar-refractivity contribution < 1.29 is 4.52 Å². The summed E-state index contributed by atoms with van der Waals surface area (Å²) in [4.78, 5) is 11.2. The lowest BCUT2D eigenvalue weighted by atomic mass is 9.80. The average Bonchev–Trinajstić information content (AvgIpc) is 3.06. The molecule has 3 atom stereocenters. The number of anilines is 1. The Morgan fingerprint density at radius 1 is 1.31 bits per heavy atom. The number of rotatable bonds is 2. The van der Waals surface area contributed by atoms with E-state index in [0.29, 0.717) is 29.0 Å². The number of amidine groups is 1. The zero-order chi connectivity index (χ0) is 17.5. The van der Waals surface area contributed by atoms with Crippen LogP contribution in [0.25, 0.3) is 0 Å². The molecule has 0 saturated heterocycles. The van der Waals surface area contributed by atoms with Gasteiger partial charge in [-0.2, -0.15) is 10.1 Å². The maximum Gasteiger partial charge on any atom is 0.295 e. The fourth-order valence-electron chi connectivity index (χ4n) is 4.67. The number of hydrogen-bond donors (Lipinski definition) is 1. The minimum absolute atomic E-state index is 0.0647. The molecule has 1 N–H and O–H groups in total. The van der Waals surface area contributed by atoms with Gasteiger partial charge in [-0.05, 0) is 37.3 Å². The van der Waals surface area contributed by atoms with E-state index in [2.05, 4.69) is 42.0 Å². The fraction of sp³-hybridized carbons (Fsp3) is 0.647.